The molecule has 4 heterocycles. The van der Waals surface area contributed by atoms with Crippen molar-refractivity contribution in [3.8, 4) is 22.6 Å². The molecular weight excluding hydrogens is 454 g/mol. The van der Waals surface area contributed by atoms with Crippen LogP contribution in [0.3, 0.4) is 0 Å². The van der Waals surface area contributed by atoms with Gasteiger partial charge in [0.2, 0.25) is 0 Å². The quantitative estimate of drug-likeness (QED) is 0.365. The molecule has 180 valence electrons. The molecule has 0 atom stereocenters. The number of furan rings is 1. The van der Waals surface area contributed by atoms with Gasteiger partial charge in [0.25, 0.3) is 5.91 Å². The fraction of sp³-hybridized carbons (Fsp3) is 0.179. The highest BCUT2D eigenvalue weighted by atomic mass is 16.5. The molecule has 6 rings (SSSR count). The predicted octanol–water partition coefficient (Wildman–Crippen LogP) is 4.65. The Bertz CT molecular complexity index is 1500. The molecule has 1 amide bonds. The number of carbonyl (C=O) groups is 1. The second-order valence-corrected chi connectivity index (χ2v) is 8.63. The lowest BCUT2D eigenvalue weighted by Crippen LogP contribution is -2.49. The number of hydrogen-bond donors (Lipinski definition) is 0. The summed E-state index contributed by atoms with van der Waals surface area (Å²) in [6.45, 7) is 2.50. The van der Waals surface area contributed by atoms with E-state index >= 15 is 0 Å². The molecular formula is C28H25N5O3. The van der Waals surface area contributed by atoms with E-state index in [1.54, 1.807) is 25.6 Å². The van der Waals surface area contributed by atoms with Crippen molar-refractivity contribution in [3.05, 3.63) is 91.3 Å². The second kappa shape index (κ2) is 9.22. The van der Waals surface area contributed by atoms with Crippen molar-refractivity contribution >= 4 is 22.8 Å². The van der Waals surface area contributed by atoms with Gasteiger partial charge < -0.3 is 23.5 Å². The lowest BCUT2D eigenvalue weighted by molar-refractivity contribution is 0.0714. The van der Waals surface area contributed by atoms with Gasteiger partial charge in [-0.1, -0.05) is 36.4 Å². The van der Waals surface area contributed by atoms with Crippen molar-refractivity contribution in [2.45, 2.75) is 0 Å². The Kier molecular flexibility index (Phi) is 5.61. The molecule has 8 heteroatoms. The topological polar surface area (TPSA) is 76.6 Å². The standard InChI is InChI=1S/C28H25N5O3/c1-35-22-10-5-9-21(17-22)33-18-23(20-7-3-2-4-8-20)25-26(29-19-30-27(25)33)31-12-14-32(15-13-31)28(34)24-11-6-16-36-24/h2-11,16-19H,12-15H2,1H3. The Balaban J connectivity index is 1.41. The number of ether oxygens (including phenoxy) is 1. The zero-order valence-electron chi connectivity index (χ0n) is 19.9. The van der Waals surface area contributed by atoms with Crippen LogP contribution >= 0.6 is 0 Å². The Morgan fingerprint density at radius 3 is 2.53 bits per heavy atom. The van der Waals surface area contributed by atoms with Gasteiger partial charge in [0, 0.05) is 44.0 Å². The molecule has 0 bridgehead atoms. The van der Waals surface area contributed by atoms with Gasteiger partial charge >= 0.3 is 0 Å². The minimum Gasteiger partial charge on any atom is -0.497 e. The van der Waals surface area contributed by atoms with Gasteiger partial charge in [-0.25, -0.2) is 9.97 Å². The van der Waals surface area contributed by atoms with Crippen LogP contribution < -0.4 is 9.64 Å². The van der Waals surface area contributed by atoms with Gasteiger partial charge in [-0.05, 0) is 29.8 Å². The Hall–Kier alpha value is -4.59. The first-order valence-electron chi connectivity index (χ1n) is 11.9. The third-order valence-corrected chi connectivity index (χ3v) is 6.58. The monoisotopic (exact) mass is 479 g/mol. The maximum atomic E-state index is 12.7. The summed E-state index contributed by atoms with van der Waals surface area (Å²) in [5, 5.41) is 0.984. The number of rotatable bonds is 5. The zero-order chi connectivity index (χ0) is 24.5. The molecule has 0 saturated carbocycles. The van der Waals surface area contributed by atoms with Gasteiger partial charge in [0.05, 0.1) is 24.4 Å². The number of amides is 1. The highest BCUT2D eigenvalue weighted by molar-refractivity contribution is 6.02. The maximum Gasteiger partial charge on any atom is 0.289 e. The molecule has 0 unspecified atom stereocenters. The van der Waals surface area contributed by atoms with Crippen LogP contribution in [0.4, 0.5) is 5.82 Å². The van der Waals surface area contributed by atoms with Crippen LogP contribution in [0, 0.1) is 0 Å². The first-order chi connectivity index (χ1) is 17.7. The van der Waals surface area contributed by atoms with Gasteiger partial charge in [-0.15, -0.1) is 0 Å². The summed E-state index contributed by atoms with van der Waals surface area (Å²) in [6, 6.07) is 21.7. The number of nitrogens with zero attached hydrogens (tertiary/aromatic N) is 5. The van der Waals surface area contributed by atoms with Crippen molar-refractivity contribution in [2.75, 3.05) is 38.2 Å². The van der Waals surface area contributed by atoms with E-state index in [1.807, 2.05) is 47.4 Å². The molecule has 1 aliphatic heterocycles. The number of fused-ring (bicyclic) bond motifs is 1. The highest BCUT2D eigenvalue weighted by Gasteiger charge is 2.27. The average Bonchev–Trinajstić information content (AvgIpc) is 3.62. The van der Waals surface area contributed by atoms with Crippen LogP contribution in [-0.2, 0) is 0 Å². The number of methoxy groups -OCH3 is 1. The van der Waals surface area contributed by atoms with Gasteiger partial charge in [-0.3, -0.25) is 4.79 Å². The van der Waals surface area contributed by atoms with E-state index in [4.69, 9.17) is 19.1 Å². The molecule has 8 nitrogen and oxygen atoms in total. The predicted molar refractivity (Wildman–Crippen MR) is 138 cm³/mol. The zero-order valence-corrected chi connectivity index (χ0v) is 19.9. The molecule has 2 aromatic carbocycles. The summed E-state index contributed by atoms with van der Waals surface area (Å²) in [5.74, 6) is 1.93. The van der Waals surface area contributed by atoms with E-state index in [9.17, 15) is 4.79 Å². The van der Waals surface area contributed by atoms with Crippen LogP contribution in [0.25, 0.3) is 27.8 Å². The fourth-order valence-electron chi connectivity index (χ4n) is 4.76. The minimum atomic E-state index is -0.0818. The summed E-state index contributed by atoms with van der Waals surface area (Å²) >= 11 is 0. The smallest absolute Gasteiger partial charge is 0.289 e. The lowest BCUT2D eigenvalue weighted by Gasteiger charge is -2.35. The largest absolute Gasteiger partial charge is 0.497 e. The number of benzene rings is 2. The second-order valence-electron chi connectivity index (χ2n) is 8.63. The summed E-state index contributed by atoms with van der Waals surface area (Å²) in [4.78, 5) is 26.2. The molecule has 0 aliphatic carbocycles. The first kappa shape index (κ1) is 21.9. The van der Waals surface area contributed by atoms with Crippen molar-refractivity contribution in [1.82, 2.24) is 19.4 Å². The summed E-state index contributed by atoms with van der Waals surface area (Å²) in [6.07, 6.45) is 5.26. The number of hydrogen-bond acceptors (Lipinski definition) is 6. The Morgan fingerprint density at radius 2 is 1.78 bits per heavy atom. The SMILES string of the molecule is COc1cccc(-n2cc(-c3ccccc3)c3c(N4CCN(C(=O)c5ccco5)CC4)ncnc32)c1. The van der Waals surface area contributed by atoms with E-state index in [-0.39, 0.29) is 5.91 Å². The molecule has 0 N–H and O–H groups in total. The fourth-order valence-corrected chi connectivity index (χ4v) is 4.76. The van der Waals surface area contributed by atoms with E-state index < -0.39 is 0 Å². The van der Waals surface area contributed by atoms with Crippen molar-refractivity contribution in [3.63, 3.8) is 0 Å². The number of piperazine rings is 1. The Labute approximate surface area is 208 Å². The van der Waals surface area contributed by atoms with Crippen LogP contribution in [0.5, 0.6) is 5.75 Å². The molecule has 0 spiro atoms. The number of aromatic nitrogens is 3. The summed E-state index contributed by atoms with van der Waals surface area (Å²) < 4.78 is 12.9. The molecule has 1 saturated heterocycles. The lowest BCUT2D eigenvalue weighted by atomic mass is 10.1. The van der Waals surface area contributed by atoms with Gasteiger partial charge in [0.15, 0.2) is 11.4 Å². The van der Waals surface area contributed by atoms with E-state index in [2.05, 4.69) is 27.8 Å². The van der Waals surface area contributed by atoms with Crippen molar-refractivity contribution < 1.29 is 13.9 Å². The van der Waals surface area contributed by atoms with Crippen LogP contribution in [-0.4, -0.2) is 58.6 Å². The molecule has 0 radical (unpaired) electrons. The van der Waals surface area contributed by atoms with Crippen LogP contribution in [0.1, 0.15) is 10.6 Å². The summed E-state index contributed by atoms with van der Waals surface area (Å²) in [7, 11) is 1.67. The molecule has 1 fully saturated rings. The maximum absolute atomic E-state index is 12.7. The average molecular weight is 480 g/mol. The van der Waals surface area contributed by atoms with Gasteiger partial charge in [0.1, 0.15) is 17.9 Å². The van der Waals surface area contributed by atoms with Crippen LogP contribution in [0.2, 0.25) is 0 Å². The third kappa shape index (κ3) is 3.86. The third-order valence-electron chi connectivity index (χ3n) is 6.58. The number of carbonyl (C=O) groups excluding carboxylic acids is 1. The van der Waals surface area contributed by atoms with E-state index in [0.717, 1.165) is 39.4 Å². The normalized spacial score (nSPS) is 13.8. The number of anilines is 1. The first-order valence-corrected chi connectivity index (χ1v) is 11.9. The molecule has 36 heavy (non-hydrogen) atoms. The van der Waals surface area contributed by atoms with E-state index in [0.29, 0.717) is 31.9 Å². The van der Waals surface area contributed by atoms with Gasteiger partial charge in [-0.2, -0.15) is 0 Å². The highest BCUT2D eigenvalue weighted by Crippen LogP contribution is 2.37. The Morgan fingerprint density at radius 1 is 0.944 bits per heavy atom. The van der Waals surface area contributed by atoms with Crippen molar-refractivity contribution in [2.24, 2.45) is 0 Å². The summed E-state index contributed by atoms with van der Waals surface area (Å²) in [5.41, 5.74) is 3.92. The minimum absolute atomic E-state index is 0.0818. The van der Waals surface area contributed by atoms with Crippen molar-refractivity contribution in [1.29, 1.82) is 0 Å². The van der Waals surface area contributed by atoms with E-state index in [1.165, 1.54) is 6.26 Å². The molecule has 3 aromatic heterocycles. The molecule has 5 aromatic rings. The van der Waals surface area contributed by atoms with Crippen LogP contribution in [0.15, 0.2) is 89.9 Å². The molecule has 1 aliphatic rings.